The summed E-state index contributed by atoms with van der Waals surface area (Å²) >= 11 is 13.4. The van der Waals surface area contributed by atoms with Gasteiger partial charge >= 0.3 is 0 Å². The van der Waals surface area contributed by atoms with E-state index in [1.165, 1.54) is 0 Å². The highest BCUT2D eigenvalue weighted by atomic mass is 35.5. The van der Waals surface area contributed by atoms with Gasteiger partial charge in [0.05, 0.1) is 11.7 Å². The van der Waals surface area contributed by atoms with Gasteiger partial charge in [0.25, 0.3) is 5.91 Å². The van der Waals surface area contributed by atoms with Gasteiger partial charge in [-0.3, -0.25) is 14.7 Å². The van der Waals surface area contributed by atoms with Gasteiger partial charge in [0.1, 0.15) is 5.75 Å². The maximum Gasteiger partial charge on any atom is 0.271 e. The van der Waals surface area contributed by atoms with Crippen molar-refractivity contribution >= 4 is 51.7 Å². The summed E-state index contributed by atoms with van der Waals surface area (Å²) in [6.07, 6.45) is 0. The fourth-order valence-corrected chi connectivity index (χ4v) is 3.58. The zero-order valence-electron chi connectivity index (χ0n) is 13.5. The van der Waals surface area contributed by atoms with Crippen LogP contribution < -0.4 is 9.64 Å². The van der Waals surface area contributed by atoms with Crippen LogP contribution in [0.4, 0.5) is 5.69 Å². The molecule has 0 fully saturated rings. The first-order valence-electron chi connectivity index (χ1n) is 7.70. The Balaban J connectivity index is 1.78. The van der Waals surface area contributed by atoms with Crippen molar-refractivity contribution in [2.75, 3.05) is 17.3 Å². The molecule has 1 aliphatic rings. The lowest BCUT2D eigenvalue weighted by molar-refractivity contribution is -0.119. The molecule has 0 aromatic heterocycles. The molecule has 0 aliphatic carbocycles. The fraction of sp³-hybridized carbons (Fsp3) is 0.222. The number of rotatable bonds is 4. The average molecular weight is 395 g/mol. The van der Waals surface area contributed by atoms with Crippen molar-refractivity contribution in [3.63, 3.8) is 0 Å². The van der Waals surface area contributed by atoms with Crippen LogP contribution in [0.5, 0.6) is 5.75 Å². The number of anilines is 1. The van der Waals surface area contributed by atoms with E-state index < -0.39 is 0 Å². The van der Waals surface area contributed by atoms with Crippen molar-refractivity contribution in [2.45, 2.75) is 13.0 Å². The third-order valence-corrected chi connectivity index (χ3v) is 5.19. The molecule has 0 spiro atoms. The maximum absolute atomic E-state index is 12.8. The molecule has 2 aromatic carbocycles. The van der Waals surface area contributed by atoms with E-state index in [9.17, 15) is 4.79 Å². The SMILES string of the molecule is C[C@@H]1CSC(N(C(=O)COc2ccc(Cl)cc2)c2ccc(Cl)cc2)=N1. The molecule has 1 aliphatic heterocycles. The van der Waals surface area contributed by atoms with Crippen LogP contribution in [-0.2, 0) is 4.79 Å². The van der Waals surface area contributed by atoms with E-state index >= 15 is 0 Å². The zero-order chi connectivity index (χ0) is 17.8. The minimum Gasteiger partial charge on any atom is -0.484 e. The minimum atomic E-state index is -0.197. The lowest BCUT2D eigenvalue weighted by atomic mass is 10.3. The lowest BCUT2D eigenvalue weighted by Crippen LogP contribution is -2.38. The molecule has 0 unspecified atom stereocenters. The van der Waals surface area contributed by atoms with Crippen LogP contribution in [0, 0.1) is 0 Å². The molecule has 25 heavy (non-hydrogen) atoms. The quantitative estimate of drug-likeness (QED) is 0.740. The smallest absolute Gasteiger partial charge is 0.271 e. The summed E-state index contributed by atoms with van der Waals surface area (Å²) < 4.78 is 5.60. The zero-order valence-corrected chi connectivity index (χ0v) is 15.8. The largest absolute Gasteiger partial charge is 0.484 e. The number of ether oxygens (including phenoxy) is 1. The number of aliphatic imine (C=N–C) groups is 1. The van der Waals surface area contributed by atoms with Crippen molar-refractivity contribution in [2.24, 2.45) is 4.99 Å². The molecule has 0 bridgehead atoms. The monoisotopic (exact) mass is 394 g/mol. The molecular weight excluding hydrogens is 379 g/mol. The molecule has 0 N–H and O–H groups in total. The summed E-state index contributed by atoms with van der Waals surface area (Å²) in [6, 6.07) is 14.2. The van der Waals surface area contributed by atoms with Gasteiger partial charge in [0.2, 0.25) is 0 Å². The molecule has 1 heterocycles. The summed E-state index contributed by atoms with van der Waals surface area (Å²) in [5.74, 6) is 1.24. The van der Waals surface area contributed by atoms with Crippen molar-refractivity contribution in [1.29, 1.82) is 0 Å². The normalized spacial score (nSPS) is 16.4. The minimum absolute atomic E-state index is 0.0990. The van der Waals surface area contributed by atoms with E-state index in [2.05, 4.69) is 4.99 Å². The summed E-state index contributed by atoms with van der Waals surface area (Å²) in [6.45, 7) is 1.92. The Hall–Kier alpha value is -1.69. The Morgan fingerprint density at radius 2 is 1.76 bits per heavy atom. The first-order chi connectivity index (χ1) is 12.0. The molecule has 130 valence electrons. The van der Waals surface area contributed by atoms with Crippen molar-refractivity contribution in [3.05, 3.63) is 58.6 Å². The molecule has 1 atom stereocenters. The molecular formula is C18H16Cl2N2O2S. The number of amidine groups is 1. The lowest BCUT2D eigenvalue weighted by Gasteiger charge is -2.22. The number of carbonyl (C=O) groups is 1. The molecule has 3 rings (SSSR count). The highest BCUT2D eigenvalue weighted by molar-refractivity contribution is 8.14. The van der Waals surface area contributed by atoms with E-state index in [-0.39, 0.29) is 18.6 Å². The Bertz CT molecular complexity index is 779. The van der Waals surface area contributed by atoms with Crippen LogP contribution in [0.2, 0.25) is 10.0 Å². The Labute approximate surface area is 160 Å². The van der Waals surface area contributed by atoms with Gasteiger partial charge in [-0.25, -0.2) is 0 Å². The highest BCUT2D eigenvalue weighted by Gasteiger charge is 2.27. The Kier molecular flexibility index (Phi) is 5.89. The van der Waals surface area contributed by atoms with Crippen molar-refractivity contribution < 1.29 is 9.53 Å². The summed E-state index contributed by atoms with van der Waals surface area (Å²) in [5.41, 5.74) is 0.717. The van der Waals surface area contributed by atoms with Gasteiger partial charge in [-0.05, 0) is 55.5 Å². The number of halogens is 2. The molecule has 4 nitrogen and oxygen atoms in total. The van der Waals surface area contributed by atoms with Crippen LogP contribution >= 0.6 is 35.0 Å². The number of thioether (sulfide) groups is 1. The molecule has 0 saturated heterocycles. The first kappa shape index (κ1) is 18.1. The van der Waals surface area contributed by atoms with Crippen molar-refractivity contribution in [1.82, 2.24) is 0 Å². The predicted molar refractivity (Wildman–Crippen MR) is 105 cm³/mol. The van der Waals surface area contributed by atoms with Gasteiger partial charge in [-0.2, -0.15) is 0 Å². The van der Waals surface area contributed by atoms with E-state index in [4.69, 9.17) is 27.9 Å². The number of amides is 1. The first-order valence-corrected chi connectivity index (χ1v) is 9.44. The topological polar surface area (TPSA) is 41.9 Å². The van der Waals surface area contributed by atoms with Crippen LogP contribution in [0.15, 0.2) is 53.5 Å². The Morgan fingerprint density at radius 3 is 2.32 bits per heavy atom. The van der Waals surface area contributed by atoms with Gasteiger partial charge in [-0.15, -0.1) is 0 Å². The molecule has 0 saturated carbocycles. The van der Waals surface area contributed by atoms with E-state index in [1.54, 1.807) is 65.2 Å². The van der Waals surface area contributed by atoms with E-state index in [0.717, 1.165) is 11.4 Å². The number of hydrogen-bond acceptors (Lipinski definition) is 4. The van der Waals surface area contributed by atoms with Gasteiger partial charge < -0.3 is 4.74 Å². The second kappa shape index (κ2) is 8.13. The fourth-order valence-electron chi connectivity index (χ4n) is 2.27. The van der Waals surface area contributed by atoms with E-state index in [0.29, 0.717) is 21.0 Å². The third-order valence-electron chi connectivity index (χ3n) is 3.49. The van der Waals surface area contributed by atoms with Gasteiger partial charge in [-0.1, -0.05) is 35.0 Å². The predicted octanol–water partition coefficient (Wildman–Crippen LogP) is 4.90. The number of carbonyl (C=O) groups excluding carboxylic acids is 1. The average Bonchev–Trinajstić information content (AvgIpc) is 3.02. The van der Waals surface area contributed by atoms with Crippen LogP contribution in [0.25, 0.3) is 0 Å². The highest BCUT2D eigenvalue weighted by Crippen LogP contribution is 2.27. The van der Waals surface area contributed by atoms with Crippen molar-refractivity contribution in [3.8, 4) is 5.75 Å². The second-order valence-corrected chi connectivity index (χ2v) is 7.38. The molecule has 7 heteroatoms. The van der Waals surface area contributed by atoms with Gasteiger partial charge in [0, 0.05) is 15.8 Å². The van der Waals surface area contributed by atoms with Crippen LogP contribution in [0.1, 0.15) is 6.92 Å². The van der Waals surface area contributed by atoms with Gasteiger partial charge in [0.15, 0.2) is 11.8 Å². The summed E-state index contributed by atoms with van der Waals surface area (Å²) in [5, 5.41) is 1.91. The number of nitrogens with zero attached hydrogens (tertiary/aromatic N) is 2. The molecule has 1 amide bonds. The molecule has 2 aromatic rings. The summed E-state index contributed by atoms with van der Waals surface area (Å²) in [4.78, 5) is 18.9. The molecule has 0 radical (unpaired) electrons. The maximum atomic E-state index is 12.8. The third kappa shape index (κ3) is 4.69. The van der Waals surface area contributed by atoms with E-state index in [1.807, 2.05) is 6.92 Å². The van der Waals surface area contributed by atoms with Crippen LogP contribution in [-0.4, -0.2) is 29.5 Å². The number of hydrogen-bond donors (Lipinski definition) is 0. The second-order valence-electron chi connectivity index (χ2n) is 5.52. The summed E-state index contributed by atoms with van der Waals surface area (Å²) in [7, 11) is 0. The van der Waals surface area contributed by atoms with Crippen LogP contribution in [0.3, 0.4) is 0 Å². The standard InChI is InChI=1S/C18H16Cl2N2O2S/c1-12-11-25-18(21-12)22(15-6-2-13(19)3-7-15)17(23)10-24-16-8-4-14(20)5-9-16/h2-9,12H,10-11H2,1H3/t12-/m1/s1. The Morgan fingerprint density at radius 1 is 1.16 bits per heavy atom. The number of benzene rings is 2.